The number of aliphatic hydroxyl groups is 1. The van der Waals surface area contributed by atoms with Gasteiger partial charge in [0.15, 0.2) is 5.78 Å². The summed E-state index contributed by atoms with van der Waals surface area (Å²) in [6, 6.07) is 7.28. The largest absolute Gasteiger partial charge is 0.489 e. The van der Waals surface area contributed by atoms with E-state index in [2.05, 4.69) is 20.5 Å². The standard InChI is InChI=1S/C27H32FN5O3/c28-25-12-23(36-17-18-13-30-31-14-18)10-19-7-9-33(16-24(19)25)15-22(34)4-5-26(35)20-6-8-29-27(11-20)32-21-2-1-3-21/h6,8,10-14,21-22,34H,1-5,7,9,15-17H2,(H,29,32)(H,30,31)/t22-/m0/s1. The quantitative estimate of drug-likeness (QED) is 0.349. The summed E-state index contributed by atoms with van der Waals surface area (Å²) in [7, 11) is 0. The highest BCUT2D eigenvalue weighted by Gasteiger charge is 2.23. The van der Waals surface area contributed by atoms with Gasteiger partial charge >= 0.3 is 0 Å². The number of anilines is 1. The van der Waals surface area contributed by atoms with Crippen LogP contribution >= 0.6 is 0 Å². The Bertz CT molecular complexity index is 1180. The van der Waals surface area contributed by atoms with E-state index in [9.17, 15) is 14.3 Å². The van der Waals surface area contributed by atoms with Crippen molar-refractivity contribution < 1.29 is 19.0 Å². The molecule has 3 aromatic rings. The minimum absolute atomic E-state index is 0.00825. The number of β-amino-alcohol motifs (C(OH)–C–C–N with tert-alkyl or cyclic N) is 1. The number of nitrogens with one attached hydrogen (secondary N) is 2. The Hall–Kier alpha value is -3.30. The molecule has 9 heteroatoms. The molecule has 2 aromatic heterocycles. The fraction of sp³-hybridized carbons (Fsp3) is 0.444. The first-order valence-corrected chi connectivity index (χ1v) is 12.6. The number of carbonyl (C=O) groups excluding carboxylic acids is 1. The number of aromatic nitrogens is 3. The molecule has 1 aliphatic heterocycles. The maximum Gasteiger partial charge on any atom is 0.163 e. The lowest BCUT2D eigenvalue weighted by molar-refractivity contribution is 0.0833. The molecule has 1 aromatic carbocycles. The number of pyridine rings is 1. The third kappa shape index (κ3) is 6.09. The van der Waals surface area contributed by atoms with Gasteiger partial charge in [0.25, 0.3) is 0 Å². The molecule has 3 heterocycles. The number of aromatic amines is 1. The zero-order chi connectivity index (χ0) is 24.9. The first-order valence-electron chi connectivity index (χ1n) is 12.6. The van der Waals surface area contributed by atoms with Crippen LogP contribution < -0.4 is 10.1 Å². The summed E-state index contributed by atoms with van der Waals surface area (Å²) in [4.78, 5) is 19.0. The number of rotatable bonds is 11. The molecule has 3 N–H and O–H groups in total. The lowest BCUT2D eigenvalue weighted by Gasteiger charge is -2.31. The summed E-state index contributed by atoms with van der Waals surface area (Å²) >= 11 is 0. The fourth-order valence-corrected chi connectivity index (χ4v) is 4.69. The van der Waals surface area contributed by atoms with Crippen LogP contribution in [0.25, 0.3) is 0 Å². The molecule has 0 unspecified atom stereocenters. The third-order valence-electron chi connectivity index (χ3n) is 7.01. The van der Waals surface area contributed by atoms with Crippen LogP contribution in [-0.2, 0) is 19.6 Å². The fourth-order valence-electron chi connectivity index (χ4n) is 4.69. The van der Waals surface area contributed by atoms with Gasteiger partial charge < -0.3 is 15.2 Å². The third-order valence-corrected chi connectivity index (χ3v) is 7.01. The van der Waals surface area contributed by atoms with Crippen molar-refractivity contribution in [2.45, 2.75) is 63.8 Å². The number of Topliss-reactive ketones (excluding diaryl/α,β-unsaturated/α-hetero) is 1. The number of fused-ring (bicyclic) bond motifs is 1. The van der Waals surface area contributed by atoms with Crippen molar-refractivity contribution in [3.63, 3.8) is 0 Å². The number of hydrogen-bond donors (Lipinski definition) is 3. The molecular formula is C27H32FN5O3. The minimum atomic E-state index is -0.662. The lowest BCUT2D eigenvalue weighted by Crippen LogP contribution is -2.37. The highest BCUT2D eigenvalue weighted by Crippen LogP contribution is 2.28. The normalized spacial score (nSPS) is 16.7. The molecule has 0 spiro atoms. The number of carbonyl (C=O) groups is 1. The first kappa shape index (κ1) is 24.4. The van der Waals surface area contributed by atoms with Crippen molar-refractivity contribution in [3.05, 3.63) is 70.9 Å². The second kappa shape index (κ2) is 11.2. The van der Waals surface area contributed by atoms with Crippen LogP contribution in [0, 0.1) is 5.82 Å². The number of halogens is 1. The molecular weight excluding hydrogens is 461 g/mol. The summed E-state index contributed by atoms with van der Waals surface area (Å²) in [5, 5.41) is 20.6. The highest BCUT2D eigenvalue weighted by atomic mass is 19.1. The van der Waals surface area contributed by atoms with Gasteiger partial charge in [-0.1, -0.05) is 0 Å². The van der Waals surface area contributed by atoms with E-state index in [4.69, 9.17) is 4.74 Å². The molecule has 0 amide bonds. The molecule has 190 valence electrons. The molecule has 0 saturated heterocycles. The summed E-state index contributed by atoms with van der Waals surface area (Å²) in [5.74, 6) is 0.927. The van der Waals surface area contributed by atoms with Gasteiger partial charge in [-0.25, -0.2) is 9.37 Å². The summed E-state index contributed by atoms with van der Waals surface area (Å²) in [5.41, 5.74) is 3.07. The van der Waals surface area contributed by atoms with Crippen LogP contribution in [0.3, 0.4) is 0 Å². The van der Waals surface area contributed by atoms with Gasteiger partial charge in [0.05, 0.1) is 12.3 Å². The van der Waals surface area contributed by atoms with E-state index in [-0.39, 0.29) is 18.0 Å². The van der Waals surface area contributed by atoms with E-state index in [1.165, 1.54) is 12.5 Å². The van der Waals surface area contributed by atoms with Crippen molar-refractivity contribution in [3.8, 4) is 5.75 Å². The number of nitrogens with zero attached hydrogens (tertiary/aromatic N) is 3. The molecule has 0 bridgehead atoms. The zero-order valence-electron chi connectivity index (χ0n) is 20.3. The Morgan fingerprint density at radius 2 is 2.22 bits per heavy atom. The number of hydrogen-bond acceptors (Lipinski definition) is 7. The second-order valence-corrected chi connectivity index (χ2v) is 9.74. The second-order valence-electron chi connectivity index (χ2n) is 9.74. The Morgan fingerprint density at radius 3 is 3.00 bits per heavy atom. The number of H-pyrrole nitrogens is 1. The van der Waals surface area contributed by atoms with Gasteiger partial charge in [-0.2, -0.15) is 5.10 Å². The number of aliphatic hydroxyl groups excluding tert-OH is 1. The number of ketones is 1. The smallest absolute Gasteiger partial charge is 0.163 e. The molecule has 5 rings (SSSR count). The van der Waals surface area contributed by atoms with Gasteiger partial charge in [-0.3, -0.25) is 14.8 Å². The van der Waals surface area contributed by atoms with Gasteiger partial charge in [-0.05, 0) is 55.9 Å². The van der Waals surface area contributed by atoms with Gasteiger partial charge in [0.1, 0.15) is 24.0 Å². The van der Waals surface area contributed by atoms with E-state index < -0.39 is 6.10 Å². The van der Waals surface area contributed by atoms with Crippen LogP contribution in [-0.4, -0.2) is 56.2 Å². The molecule has 1 fully saturated rings. The topological polar surface area (TPSA) is 103 Å². The maximum atomic E-state index is 14.8. The molecule has 36 heavy (non-hydrogen) atoms. The van der Waals surface area contributed by atoms with Crippen LogP contribution in [0.15, 0.2) is 42.9 Å². The Kier molecular flexibility index (Phi) is 7.58. The van der Waals surface area contributed by atoms with Crippen molar-refractivity contribution in [2.75, 3.05) is 18.4 Å². The van der Waals surface area contributed by atoms with Crippen molar-refractivity contribution in [1.82, 2.24) is 20.1 Å². The van der Waals surface area contributed by atoms with E-state index in [1.54, 1.807) is 30.7 Å². The van der Waals surface area contributed by atoms with Crippen molar-refractivity contribution >= 4 is 11.6 Å². The van der Waals surface area contributed by atoms with Crippen LogP contribution in [0.2, 0.25) is 0 Å². The summed E-state index contributed by atoms with van der Waals surface area (Å²) < 4.78 is 20.6. The lowest BCUT2D eigenvalue weighted by atomic mass is 9.93. The average Bonchev–Trinajstić information content (AvgIpc) is 3.38. The number of benzene rings is 1. The maximum absolute atomic E-state index is 14.8. The van der Waals surface area contributed by atoms with Gasteiger partial charge in [-0.15, -0.1) is 0 Å². The minimum Gasteiger partial charge on any atom is -0.489 e. The van der Waals surface area contributed by atoms with E-state index in [0.29, 0.717) is 62.0 Å². The first-order chi connectivity index (χ1) is 17.5. The van der Waals surface area contributed by atoms with Crippen molar-refractivity contribution in [2.24, 2.45) is 0 Å². The predicted octanol–water partition coefficient (Wildman–Crippen LogP) is 3.87. The SMILES string of the molecule is O=C(CC[C@H](O)CN1CCc2cc(OCc3cn[nH]c3)cc(F)c2C1)c1ccnc(NC2CCC2)c1. The molecule has 0 radical (unpaired) electrons. The average molecular weight is 494 g/mol. The van der Waals surface area contributed by atoms with Crippen LogP contribution in [0.5, 0.6) is 5.75 Å². The molecule has 8 nitrogen and oxygen atoms in total. The van der Waals surface area contributed by atoms with E-state index >= 15 is 0 Å². The Balaban J connectivity index is 1.10. The summed E-state index contributed by atoms with van der Waals surface area (Å²) in [6.45, 7) is 1.86. The van der Waals surface area contributed by atoms with Gasteiger partial charge in [0.2, 0.25) is 0 Å². The predicted molar refractivity (Wildman–Crippen MR) is 133 cm³/mol. The molecule has 1 aliphatic carbocycles. The van der Waals surface area contributed by atoms with E-state index in [1.807, 2.05) is 11.0 Å². The Morgan fingerprint density at radius 1 is 1.33 bits per heavy atom. The number of ether oxygens (including phenoxy) is 1. The zero-order valence-corrected chi connectivity index (χ0v) is 20.3. The monoisotopic (exact) mass is 493 g/mol. The molecule has 1 saturated carbocycles. The van der Waals surface area contributed by atoms with E-state index in [0.717, 1.165) is 29.8 Å². The highest BCUT2D eigenvalue weighted by molar-refractivity contribution is 5.96. The summed E-state index contributed by atoms with van der Waals surface area (Å²) in [6.07, 6.45) is 9.20. The van der Waals surface area contributed by atoms with Gasteiger partial charge in [0, 0.05) is 67.2 Å². The Labute approximate surface area is 209 Å². The molecule has 1 atom stereocenters. The van der Waals surface area contributed by atoms with Crippen LogP contribution in [0.1, 0.15) is 59.2 Å². The van der Waals surface area contributed by atoms with Crippen molar-refractivity contribution in [1.29, 1.82) is 0 Å². The van der Waals surface area contributed by atoms with Crippen LogP contribution in [0.4, 0.5) is 10.2 Å². The molecule has 2 aliphatic rings.